The number of hydrogen-bond donors (Lipinski definition) is 1. The monoisotopic (exact) mass is 342 g/mol. The van der Waals surface area contributed by atoms with Gasteiger partial charge in [-0.1, -0.05) is 12.1 Å². The number of rotatable bonds is 5. The maximum Gasteiger partial charge on any atom is 0.419 e. The summed E-state index contributed by atoms with van der Waals surface area (Å²) >= 11 is 1.54. The first-order chi connectivity index (χ1) is 11.7. The van der Waals surface area contributed by atoms with Gasteiger partial charge < -0.3 is 9.73 Å². The smallest absolute Gasteiger partial charge is 0.408 e. The van der Waals surface area contributed by atoms with Crippen LogP contribution in [0.2, 0.25) is 0 Å². The third-order valence-electron chi connectivity index (χ3n) is 3.75. The summed E-state index contributed by atoms with van der Waals surface area (Å²) in [5.41, 5.74) is 2.03. The molecule has 0 unspecified atom stereocenters. The highest BCUT2D eigenvalue weighted by Crippen LogP contribution is 2.12. The van der Waals surface area contributed by atoms with Crippen molar-refractivity contribution in [3.63, 3.8) is 0 Å². The van der Waals surface area contributed by atoms with E-state index in [-0.39, 0.29) is 18.9 Å². The van der Waals surface area contributed by atoms with E-state index in [9.17, 15) is 9.59 Å². The molecule has 7 nitrogen and oxygen atoms in total. The first-order valence-electron chi connectivity index (χ1n) is 7.47. The molecule has 4 aromatic rings. The van der Waals surface area contributed by atoms with Crippen LogP contribution >= 0.6 is 11.3 Å². The first kappa shape index (κ1) is 14.7. The van der Waals surface area contributed by atoms with E-state index in [1.807, 2.05) is 28.2 Å². The van der Waals surface area contributed by atoms with E-state index < -0.39 is 5.76 Å². The molecule has 3 aromatic heterocycles. The topological polar surface area (TPSA) is 81.5 Å². The number of aryl methyl sites for hydroxylation is 1. The number of fused-ring (bicyclic) bond motifs is 2. The van der Waals surface area contributed by atoms with Gasteiger partial charge in [-0.2, -0.15) is 0 Å². The summed E-state index contributed by atoms with van der Waals surface area (Å²) in [6, 6.07) is 7.17. The Morgan fingerprint density at radius 3 is 3.08 bits per heavy atom. The van der Waals surface area contributed by atoms with Crippen LogP contribution < -0.4 is 11.1 Å². The number of benzene rings is 1. The van der Waals surface area contributed by atoms with Crippen molar-refractivity contribution in [2.24, 2.45) is 0 Å². The number of hydrogen-bond acceptors (Lipinski definition) is 5. The zero-order chi connectivity index (χ0) is 16.5. The molecule has 0 saturated heterocycles. The Morgan fingerprint density at radius 2 is 2.21 bits per heavy atom. The number of oxazole rings is 1. The molecule has 8 heteroatoms. The number of aromatic nitrogens is 3. The van der Waals surface area contributed by atoms with Crippen LogP contribution in [0.25, 0.3) is 16.1 Å². The molecule has 0 spiro atoms. The van der Waals surface area contributed by atoms with Crippen LogP contribution in [0.1, 0.15) is 12.1 Å². The fraction of sp³-hybridized carbons (Fsp3) is 0.188. The molecule has 3 heterocycles. The Morgan fingerprint density at radius 1 is 1.33 bits per heavy atom. The molecule has 0 aliphatic carbocycles. The summed E-state index contributed by atoms with van der Waals surface area (Å²) in [7, 11) is 0. The molecular weight excluding hydrogens is 328 g/mol. The van der Waals surface area contributed by atoms with Gasteiger partial charge in [0.15, 0.2) is 10.5 Å². The highest BCUT2D eigenvalue weighted by molar-refractivity contribution is 7.15. The van der Waals surface area contributed by atoms with Crippen molar-refractivity contribution in [3.05, 3.63) is 58.3 Å². The summed E-state index contributed by atoms with van der Waals surface area (Å²) in [5, 5.41) is 4.78. The van der Waals surface area contributed by atoms with Crippen molar-refractivity contribution in [2.75, 3.05) is 0 Å². The minimum Gasteiger partial charge on any atom is -0.408 e. The average molecular weight is 342 g/mol. The molecule has 4 rings (SSSR count). The number of para-hydroxylation sites is 2. The first-order valence-corrected chi connectivity index (χ1v) is 8.35. The van der Waals surface area contributed by atoms with Gasteiger partial charge in [0.2, 0.25) is 5.91 Å². The van der Waals surface area contributed by atoms with E-state index in [0.717, 1.165) is 10.7 Å². The fourth-order valence-corrected chi connectivity index (χ4v) is 3.30. The lowest BCUT2D eigenvalue weighted by molar-refractivity contribution is -0.121. The molecule has 0 aliphatic rings. The average Bonchev–Trinajstić information content (AvgIpc) is 3.23. The standard InChI is InChI=1S/C16H14N4O3S/c21-14(17-9-11-10-19-7-8-24-15(19)18-11)5-6-20-12-3-1-2-4-13(12)23-16(20)22/h1-4,7-8,10H,5-6,9H2,(H,17,21). The number of carbonyl (C=O) groups excluding carboxylic acids is 1. The largest absolute Gasteiger partial charge is 0.419 e. The van der Waals surface area contributed by atoms with Gasteiger partial charge in [-0.3, -0.25) is 13.8 Å². The Bertz CT molecular complexity index is 1040. The quantitative estimate of drug-likeness (QED) is 0.601. The third-order valence-corrected chi connectivity index (χ3v) is 4.52. The minimum absolute atomic E-state index is 0.136. The number of thiazole rings is 1. The summed E-state index contributed by atoms with van der Waals surface area (Å²) in [4.78, 5) is 29.2. The second-order valence-electron chi connectivity index (χ2n) is 5.34. The molecule has 1 N–H and O–H groups in total. The molecule has 0 bridgehead atoms. The second kappa shape index (κ2) is 5.97. The molecule has 0 atom stereocenters. The molecule has 0 radical (unpaired) electrons. The van der Waals surface area contributed by atoms with Gasteiger partial charge in [0.05, 0.1) is 17.8 Å². The SMILES string of the molecule is O=C(CCn1c(=O)oc2ccccc21)NCc1cn2ccsc2n1. The minimum atomic E-state index is -0.446. The zero-order valence-electron chi connectivity index (χ0n) is 12.6. The van der Waals surface area contributed by atoms with Gasteiger partial charge in [0, 0.05) is 30.7 Å². The molecule has 0 saturated carbocycles. The van der Waals surface area contributed by atoms with Crippen molar-refractivity contribution >= 4 is 33.3 Å². The Labute approximate surface area is 140 Å². The van der Waals surface area contributed by atoms with Gasteiger partial charge in [0.25, 0.3) is 0 Å². The van der Waals surface area contributed by atoms with Crippen LogP contribution in [0.5, 0.6) is 0 Å². The van der Waals surface area contributed by atoms with Gasteiger partial charge in [-0.15, -0.1) is 11.3 Å². The van der Waals surface area contributed by atoms with Crippen molar-refractivity contribution in [2.45, 2.75) is 19.5 Å². The lowest BCUT2D eigenvalue weighted by Gasteiger charge is -2.04. The zero-order valence-corrected chi connectivity index (χ0v) is 13.5. The van der Waals surface area contributed by atoms with E-state index in [1.54, 1.807) is 29.5 Å². The van der Waals surface area contributed by atoms with Crippen LogP contribution in [0.3, 0.4) is 0 Å². The van der Waals surface area contributed by atoms with E-state index in [2.05, 4.69) is 10.3 Å². The van der Waals surface area contributed by atoms with Crippen molar-refractivity contribution in [1.29, 1.82) is 0 Å². The van der Waals surface area contributed by atoms with E-state index in [4.69, 9.17) is 4.42 Å². The van der Waals surface area contributed by atoms with E-state index in [0.29, 0.717) is 17.6 Å². The van der Waals surface area contributed by atoms with E-state index >= 15 is 0 Å². The number of carbonyl (C=O) groups is 1. The Kier molecular flexibility index (Phi) is 3.66. The van der Waals surface area contributed by atoms with Crippen molar-refractivity contribution in [3.8, 4) is 0 Å². The summed E-state index contributed by atoms with van der Waals surface area (Å²) in [6.45, 7) is 0.647. The fourth-order valence-electron chi connectivity index (χ4n) is 2.58. The van der Waals surface area contributed by atoms with Crippen molar-refractivity contribution < 1.29 is 9.21 Å². The number of nitrogens with one attached hydrogen (secondary N) is 1. The van der Waals surface area contributed by atoms with Gasteiger partial charge in [-0.05, 0) is 12.1 Å². The maximum absolute atomic E-state index is 12.0. The number of nitrogens with zero attached hydrogens (tertiary/aromatic N) is 3. The summed E-state index contributed by atoms with van der Waals surface area (Å²) in [6.07, 6.45) is 4.01. The maximum atomic E-state index is 12.0. The third kappa shape index (κ3) is 2.71. The highest BCUT2D eigenvalue weighted by atomic mass is 32.1. The molecule has 0 aliphatic heterocycles. The van der Waals surface area contributed by atoms with Crippen LogP contribution in [-0.4, -0.2) is 19.9 Å². The van der Waals surface area contributed by atoms with Crippen LogP contribution in [0, 0.1) is 0 Å². The number of imidazole rings is 1. The summed E-state index contributed by atoms with van der Waals surface area (Å²) in [5.74, 6) is -0.582. The molecule has 0 fully saturated rings. The second-order valence-corrected chi connectivity index (χ2v) is 6.21. The Hall–Kier alpha value is -2.87. The molecule has 122 valence electrons. The van der Waals surface area contributed by atoms with Gasteiger partial charge in [0.1, 0.15) is 0 Å². The van der Waals surface area contributed by atoms with Gasteiger partial charge in [-0.25, -0.2) is 9.78 Å². The van der Waals surface area contributed by atoms with E-state index in [1.165, 1.54) is 4.57 Å². The normalized spacial score (nSPS) is 11.3. The molecule has 1 aromatic carbocycles. The van der Waals surface area contributed by atoms with Crippen LogP contribution in [0.15, 0.2) is 51.3 Å². The predicted octanol–water partition coefficient (Wildman–Crippen LogP) is 2.01. The Balaban J connectivity index is 1.38. The lowest BCUT2D eigenvalue weighted by atomic mass is 10.3. The predicted molar refractivity (Wildman–Crippen MR) is 90.0 cm³/mol. The lowest BCUT2D eigenvalue weighted by Crippen LogP contribution is -2.25. The van der Waals surface area contributed by atoms with Crippen LogP contribution in [-0.2, 0) is 17.9 Å². The number of amides is 1. The van der Waals surface area contributed by atoms with Gasteiger partial charge >= 0.3 is 5.76 Å². The molecular formula is C16H14N4O3S. The van der Waals surface area contributed by atoms with Crippen molar-refractivity contribution in [1.82, 2.24) is 19.3 Å². The van der Waals surface area contributed by atoms with Crippen LogP contribution in [0.4, 0.5) is 0 Å². The highest BCUT2D eigenvalue weighted by Gasteiger charge is 2.11. The molecule has 24 heavy (non-hydrogen) atoms. The summed E-state index contributed by atoms with van der Waals surface area (Å²) < 4.78 is 8.54. The molecule has 1 amide bonds.